The lowest BCUT2D eigenvalue weighted by atomic mass is 10.4. The number of anilines is 1. The highest BCUT2D eigenvalue weighted by Gasteiger charge is 2.14. The number of rotatable bonds is 3. The van der Waals surface area contributed by atoms with Gasteiger partial charge in [-0.1, -0.05) is 0 Å². The first-order valence-corrected chi connectivity index (χ1v) is 6.59. The van der Waals surface area contributed by atoms with Crippen molar-refractivity contribution in [3.05, 3.63) is 12.3 Å². The van der Waals surface area contributed by atoms with Gasteiger partial charge in [0.1, 0.15) is 5.82 Å². The predicted octanol–water partition coefficient (Wildman–Crippen LogP) is -0.470. The monoisotopic (exact) mass is 228 g/mol. The summed E-state index contributed by atoms with van der Waals surface area (Å²) in [4.78, 5) is 2.32. The average molecular weight is 228 g/mol. The molecular formula is C9H16N4OS. The largest absolute Gasteiger partial charge is 0.382 e. The zero-order valence-corrected chi connectivity index (χ0v) is 9.45. The van der Waals surface area contributed by atoms with Crippen molar-refractivity contribution in [1.82, 2.24) is 14.7 Å². The third kappa shape index (κ3) is 3.04. The topological polar surface area (TPSA) is 64.2 Å². The zero-order chi connectivity index (χ0) is 10.7. The second-order valence-corrected chi connectivity index (χ2v) is 5.39. The molecular weight excluding hydrogens is 212 g/mol. The van der Waals surface area contributed by atoms with Crippen LogP contribution in [0.25, 0.3) is 0 Å². The van der Waals surface area contributed by atoms with Crippen molar-refractivity contribution in [3.63, 3.8) is 0 Å². The summed E-state index contributed by atoms with van der Waals surface area (Å²) in [5.41, 5.74) is 5.52. The van der Waals surface area contributed by atoms with E-state index in [0.717, 1.165) is 37.7 Å². The molecule has 0 aromatic carbocycles. The van der Waals surface area contributed by atoms with E-state index >= 15 is 0 Å². The number of nitrogens with zero attached hydrogens (tertiary/aromatic N) is 3. The highest BCUT2D eigenvalue weighted by atomic mass is 32.2. The van der Waals surface area contributed by atoms with Gasteiger partial charge in [-0.05, 0) is 6.07 Å². The number of hydrogen-bond acceptors (Lipinski definition) is 4. The molecule has 1 aromatic heterocycles. The molecule has 0 spiro atoms. The van der Waals surface area contributed by atoms with Crippen LogP contribution in [-0.4, -0.2) is 50.0 Å². The Balaban J connectivity index is 1.76. The Morgan fingerprint density at radius 1 is 1.40 bits per heavy atom. The Morgan fingerprint density at radius 2 is 2.13 bits per heavy atom. The summed E-state index contributed by atoms with van der Waals surface area (Å²) in [6.07, 6.45) is 1.89. The number of nitrogen functional groups attached to an aromatic ring is 1. The summed E-state index contributed by atoms with van der Waals surface area (Å²) < 4.78 is 13.0. The Hall–Kier alpha value is -0.880. The number of hydrogen-bond donors (Lipinski definition) is 1. The van der Waals surface area contributed by atoms with E-state index < -0.39 is 10.8 Å². The minimum Gasteiger partial charge on any atom is -0.382 e. The van der Waals surface area contributed by atoms with Crippen LogP contribution in [0.4, 0.5) is 5.82 Å². The summed E-state index contributed by atoms with van der Waals surface area (Å²) in [6.45, 7) is 3.68. The highest BCUT2D eigenvalue weighted by Crippen LogP contribution is 2.01. The van der Waals surface area contributed by atoms with E-state index in [1.807, 2.05) is 10.9 Å². The van der Waals surface area contributed by atoms with Crippen LogP contribution in [0.5, 0.6) is 0 Å². The molecule has 2 rings (SSSR count). The van der Waals surface area contributed by atoms with Crippen LogP contribution >= 0.6 is 0 Å². The molecule has 1 saturated heterocycles. The molecule has 0 unspecified atom stereocenters. The smallest absolute Gasteiger partial charge is 0.145 e. The van der Waals surface area contributed by atoms with Crippen molar-refractivity contribution in [3.8, 4) is 0 Å². The Labute approximate surface area is 91.7 Å². The first kappa shape index (κ1) is 10.6. The molecule has 2 N–H and O–H groups in total. The van der Waals surface area contributed by atoms with Gasteiger partial charge in [-0.2, -0.15) is 5.10 Å². The van der Waals surface area contributed by atoms with Gasteiger partial charge in [0.05, 0.1) is 6.54 Å². The third-order valence-electron chi connectivity index (χ3n) is 2.58. The average Bonchev–Trinajstić information content (AvgIpc) is 2.64. The third-order valence-corrected chi connectivity index (χ3v) is 3.85. The van der Waals surface area contributed by atoms with E-state index in [4.69, 9.17) is 5.73 Å². The van der Waals surface area contributed by atoms with Crippen molar-refractivity contribution in [2.45, 2.75) is 6.54 Å². The second kappa shape index (κ2) is 4.76. The van der Waals surface area contributed by atoms with Crippen molar-refractivity contribution in [2.24, 2.45) is 0 Å². The standard InChI is InChI=1S/C9H16N4OS/c10-9-1-2-13(11-9)4-3-12-5-7-15(14)8-6-12/h1-2H,3-8H2,(H2,10,11). The lowest BCUT2D eigenvalue weighted by Crippen LogP contribution is -2.39. The number of nitrogens with two attached hydrogens (primary N) is 1. The second-order valence-electron chi connectivity index (χ2n) is 3.69. The van der Waals surface area contributed by atoms with Gasteiger partial charge in [0.15, 0.2) is 0 Å². The van der Waals surface area contributed by atoms with Crippen LogP contribution in [0.1, 0.15) is 0 Å². The van der Waals surface area contributed by atoms with Crippen LogP contribution < -0.4 is 5.73 Å². The molecule has 1 aromatic rings. The van der Waals surface area contributed by atoms with Crippen molar-refractivity contribution in [2.75, 3.05) is 36.9 Å². The maximum Gasteiger partial charge on any atom is 0.145 e. The molecule has 84 valence electrons. The molecule has 15 heavy (non-hydrogen) atoms. The molecule has 0 radical (unpaired) electrons. The molecule has 0 bridgehead atoms. The minimum absolute atomic E-state index is 0.565. The summed E-state index contributed by atoms with van der Waals surface area (Å²) >= 11 is 0. The lowest BCUT2D eigenvalue weighted by molar-refractivity contribution is 0.281. The highest BCUT2D eigenvalue weighted by molar-refractivity contribution is 7.85. The lowest BCUT2D eigenvalue weighted by Gasteiger charge is -2.25. The van der Waals surface area contributed by atoms with Crippen LogP contribution in [-0.2, 0) is 17.3 Å². The summed E-state index contributed by atoms with van der Waals surface area (Å²) in [5, 5.41) is 4.12. The maximum absolute atomic E-state index is 11.1. The summed E-state index contributed by atoms with van der Waals surface area (Å²) in [7, 11) is -0.589. The van der Waals surface area contributed by atoms with Crippen molar-refractivity contribution >= 4 is 16.6 Å². The predicted molar refractivity (Wildman–Crippen MR) is 61.0 cm³/mol. The molecule has 6 heteroatoms. The van der Waals surface area contributed by atoms with E-state index in [1.165, 1.54) is 0 Å². The molecule has 0 atom stereocenters. The molecule has 2 heterocycles. The normalized spacial score (nSPS) is 19.5. The quantitative estimate of drug-likeness (QED) is 0.759. The van der Waals surface area contributed by atoms with Crippen LogP contribution in [0, 0.1) is 0 Å². The van der Waals surface area contributed by atoms with Crippen molar-refractivity contribution in [1.29, 1.82) is 0 Å². The van der Waals surface area contributed by atoms with Crippen LogP contribution in [0.2, 0.25) is 0 Å². The Kier molecular flexibility index (Phi) is 3.37. The van der Waals surface area contributed by atoms with Crippen LogP contribution in [0.3, 0.4) is 0 Å². The van der Waals surface area contributed by atoms with Gasteiger partial charge >= 0.3 is 0 Å². The van der Waals surface area contributed by atoms with Gasteiger partial charge in [0.2, 0.25) is 0 Å². The van der Waals surface area contributed by atoms with E-state index in [9.17, 15) is 4.21 Å². The molecule has 1 aliphatic rings. The Morgan fingerprint density at radius 3 is 2.73 bits per heavy atom. The van der Waals surface area contributed by atoms with Gasteiger partial charge in [-0.15, -0.1) is 0 Å². The van der Waals surface area contributed by atoms with Gasteiger partial charge in [-0.3, -0.25) is 13.8 Å². The molecule has 1 fully saturated rings. The van der Waals surface area contributed by atoms with Crippen LogP contribution in [0.15, 0.2) is 12.3 Å². The van der Waals surface area contributed by atoms with E-state index in [0.29, 0.717) is 5.82 Å². The number of aromatic nitrogens is 2. The van der Waals surface area contributed by atoms with Gasteiger partial charge in [0.25, 0.3) is 0 Å². The fourth-order valence-electron chi connectivity index (χ4n) is 1.65. The summed E-state index contributed by atoms with van der Waals surface area (Å²) in [6, 6.07) is 1.80. The SMILES string of the molecule is Nc1ccn(CCN2CCS(=O)CC2)n1. The van der Waals surface area contributed by atoms with Gasteiger partial charge < -0.3 is 5.73 Å². The Bertz CT molecular complexity index is 342. The first-order chi connectivity index (χ1) is 7.24. The fraction of sp³-hybridized carbons (Fsp3) is 0.667. The zero-order valence-electron chi connectivity index (χ0n) is 8.63. The summed E-state index contributed by atoms with van der Waals surface area (Å²) in [5.74, 6) is 2.18. The van der Waals surface area contributed by atoms with E-state index in [2.05, 4.69) is 10.00 Å². The van der Waals surface area contributed by atoms with Crippen molar-refractivity contribution < 1.29 is 4.21 Å². The molecule has 0 saturated carbocycles. The molecule has 0 aliphatic carbocycles. The minimum atomic E-state index is -0.589. The van der Waals surface area contributed by atoms with Gasteiger partial charge in [0, 0.05) is 48.1 Å². The van der Waals surface area contributed by atoms with E-state index in [1.54, 1.807) is 6.07 Å². The molecule has 0 amide bonds. The fourth-order valence-corrected chi connectivity index (χ4v) is 2.77. The molecule has 1 aliphatic heterocycles. The van der Waals surface area contributed by atoms with Gasteiger partial charge in [-0.25, -0.2) is 0 Å². The van der Waals surface area contributed by atoms with E-state index in [-0.39, 0.29) is 0 Å². The first-order valence-electron chi connectivity index (χ1n) is 5.10. The maximum atomic E-state index is 11.1. The molecule has 5 nitrogen and oxygen atoms in total.